The molecule has 2 bridgehead atoms. The van der Waals surface area contributed by atoms with Crippen molar-refractivity contribution < 1.29 is 24.2 Å². The number of carbonyl (C=O) groups is 3. The predicted molar refractivity (Wildman–Crippen MR) is 152 cm³/mol. The molecule has 8 rings (SSSR count). The normalized spacial score (nSPS) is 26.2. The van der Waals surface area contributed by atoms with E-state index < -0.39 is 23.1 Å². The van der Waals surface area contributed by atoms with Gasteiger partial charge in [0.25, 0.3) is 5.91 Å². The van der Waals surface area contributed by atoms with Gasteiger partial charge >= 0.3 is 12.1 Å². The van der Waals surface area contributed by atoms with Crippen LogP contribution in [0.4, 0.5) is 4.79 Å². The second kappa shape index (κ2) is 9.73. The van der Waals surface area contributed by atoms with E-state index in [2.05, 4.69) is 34.5 Å². The third kappa shape index (κ3) is 4.20. The van der Waals surface area contributed by atoms with Crippen molar-refractivity contribution in [3.63, 3.8) is 0 Å². The first-order chi connectivity index (χ1) is 19.9. The number of carboxylic acids is 1. The van der Waals surface area contributed by atoms with Crippen LogP contribution in [-0.4, -0.2) is 70.2 Å². The van der Waals surface area contributed by atoms with Crippen LogP contribution in [0, 0.1) is 5.92 Å². The summed E-state index contributed by atoms with van der Waals surface area (Å²) < 4.78 is 5.85. The summed E-state index contributed by atoms with van der Waals surface area (Å²) in [5, 5.41) is 13.0. The van der Waals surface area contributed by atoms with E-state index in [0.29, 0.717) is 45.4 Å². The smallest absolute Gasteiger partial charge is 0.408 e. The third-order valence-electron chi connectivity index (χ3n) is 9.55. The molecule has 1 atom stereocenters. The fraction of sp³-hybridized carbons (Fsp3) is 0.364. The van der Waals surface area contributed by atoms with Gasteiger partial charge < -0.3 is 20.1 Å². The second-order valence-electron chi connectivity index (χ2n) is 12.0. The van der Waals surface area contributed by atoms with Gasteiger partial charge in [-0.25, -0.2) is 9.59 Å². The molecular formula is C33H33N3O5. The maximum Gasteiger partial charge on any atom is 0.408 e. The molecule has 3 heterocycles. The molecule has 0 spiro atoms. The van der Waals surface area contributed by atoms with Crippen LogP contribution in [0.2, 0.25) is 0 Å². The maximum atomic E-state index is 14.2. The van der Waals surface area contributed by atoms with Crippen molar-refractivity contribution in [2.75, 3.05) is 26.2 Å². The van der Waals surface area contributed by atoms with Gasteiger partial charge in [-0.3, -0.25) is 9.69 Å². The number of alkyl carbamates (subject to hydrolysis) is 1. The predicted octanol–water partition coefficient (Wildman–Crippen LogP) is 4.25. The lowest BCUT2D eigenvalue weighted by molar-refractivity contribution is -0.160. The minimum atomic E-state index is -1.25. The van der Waals surface area contributed by atoms with Crippen LogP contribution in [0.1, 0.15) is 41.9 Å². The van der Waals surface area contributed by atoms with Crippen LogP contribution in [0.5, 0.6) is 0 Å². The summed E-state index contributed by atoms with van der Waals surface area (Å²) in [6.07, 6.45) is 0.684. The summed E-state index contributed by atoms with van der Waals surface area (Å²) in [6.45, 7) is 2.08. The number of rotatable bonds is 7. The van der Waals surface area contributed by atoms with E-state index in [1.54, 1.807) is 0 Å². The lowest BCUT2D eigenvalue weighted by Gasteiger charge is -2.41. The van der Waals surface area contributed by atoms with E-state index in [0.717, 1.165) is 27.8 Å². The van der Waals surface area contributed by atoms with Crippen LogP contribution in [-0.2, 0) is 20.9 Å². The highest BCUT2D eigenvalue weighted by Crippen LogP contribution is 2.52. The molecule has 2 aliphatic carbocycles. The summed E-state index contributed by atoms with van der Waals surface area (Å²) >= 11 is 0. The molecule has 8 heteroatoms. The van der Waals surface area contributed by atoms with Gasteiger partial charge in [-0.15, -0.1) is 0 Å². The Morgan fingerprint density at radius 1 is 0.902 bits per heavy atom. The minimum absolute atomic E-state index is 0.0981. The average molecular weight is 552 g/mol. The zero-order valence-corrected chi connectivity index (χ0v) is 22.8. The van der Waals surface area contributed by atoms with E-state index in [1.807, 2.05) is 54.6 Å². The van der Waals surface area contributed by atoms with Crippen LogP contribution >= 0.6 is 0 Å². The first kappa shape index (κ1) is 25.8. The van der Waals surface area contributed by atoms with E-state index in [9.17, 15) is 19.5 Å². The standard InChI is InChI=1S/C33H33N3O5/c37-29(36-19-23-16-33(36,17-23)30(38)39)32(14-15-35(21-32)18-22-8-2-1-3-9-22)34-31(40)41-20-28-26-12-6-4-10-24(26)25-11-5-7-13-27(25)28/h1-13,23,28H,14-21H2,(H,34,40)(H,38,39). The van der Waals surface area contributed by atoms with Gasteiger partial charge in [0.2, 0.25) is 0 Å². The van der Waals surface area contributed by atoms with Crippen molar-refractivity contribution in [3.05, 3.63) is 95.6 Å². The van der Waals surface area contributed by atoms with Crippen LogP contribution in [0.25, 0.3) is 11.1 Å². The van der Waals surface area contributed by atoms with Crippen molar-refractivity contribution in [1.82, 2.24) is 15.1 Å². The molecule has 4 fully saturated rings. The number of likely N-dealkylation sites (tertiary alicyclic amines) is 1. The number of amides is 2. The maximum absolute atomic E-state index is 14.2. The number of carbonyl (C=O) groups excluding carboxylic acids is 2. The first-order valence-corrected chi connectivity index (χ1v) is 14.3. The largest absolute Gasteiger partial charge is 0.479 e. The van der Waals surface area contributed by atoms with Gasteiger partial charge in [0, 0.05) is 32.1 Å². The third-order valence-corrected chi connectivity index (χ3v) is 9.55. The Hall–Kier alpha value is -4.17. The van der Waals surface area contributed by atoms with Gasteiger partial charge in [-0.1, -0.05) is 78.9 Å². The zero-order valence-electron chi connectivity index (χ0n) is 22.8. The fourth-order valence-electron chi connectivity index (χ4n) is 7.53. The number of fused-ring (bicyclic) bond motifs is 4. The molecule has 0 aromatic heterocycles. The fourth-order valence-corrected chi connectivity index (χ4v) is 7.53. The number of benzene rings is 3. The highest BCUT2D eigenvalue weighted by molar-refractivity contribution is 5.96. The Kier molecular flexibility index (Phi) is 6.12. The van der Waals surface area contributed by atoms with E-state index in [1.165, 1.54) is 4.90 Å². The average Bonchev–Trinajstić information content (AvgIpc) is 3.72. The van der Waals surface area contributed by atoms with Crippen molar-refractivity contribution in [2.45, 2.75) is 42.8 Å². The number of hydrogen-bond donors (Lipinski definition) is 2. The Morgan fingerprint density at radius 3 is 2.20 bits per heavy atom. The lowest BCUT2D eigenvalue weighted by Crippen LogP contribution is -2.65. The van der Waals surface area contributed by atoms with E-state index in [-0.39, 0.29) is 24.3 Å². The Labute approximate surface area is 238 Å². The number of nitrogens with one attached hydrogen (secondary N) is 1. The van der Waals surface area contributed by atoms with Gasteiger partial charge in [-0.05, 0) is 53.0 Å². The van der Waals surface area contributed by atoms with Crippen molar-refractivity contribution in [2.24, 2.45) is 5.92 Å². The van der Waals surface area contributed by atoms with E-state index in [4.69, 9.17) is 4.74 Å². The SMILES string of the molecule is O=C(NC1(C(=O)N2CC3CC2(C(=O)O)C3)CCN(Cc2ccccc2)C1)OCC1c2ccccc2-c2ccccc21. The van der Waals surface area contributed by atoms with Crippen molar-refractivity contribution in [3.8, 4) is 11.1 Å². The minimum Gasteiger partial charge on any atom is -0.479 e. The van der Waals surface area contributed by atoms with E-state index >= 15 is 0 Å². The van der Waals surface area contributed by atoms with Crippen molar-refractivity contribution in [1.29, 1.82) is 0 Å². The molecular weight excluding hydrogens is 518 g/mol. The monoisotopic (exact) mass is 551 g/mol. The zero-order chi connectivity index (χ0) is 28.2. The highest BCUT2D eigenvalue weighted by atomic mass is 16.5. The van der Waals surface area contributed by atoms with Gasteiger partial charge in [0.05, 0.1) is 0 Å². The Morgan fingerprint density at radius 2 is 1.54 bits per heavy atom. The number of nitrogens with zero attached hydrogens (tertiary/aromatic N) is 2. The summed E-state index contributed by atoms with van der Waals surface area (Å²) in [7, 11) is 0. The molecule has 5 aliphatic rings. The summed E-state index contributed by atoms with van der Waals surface area (Å²) in [4.78, 5) is 43.6. The number of ether oxygens (including phenoxy) is 1. The van der Waals surface area contributed by atoms with Crippen LogP contribution in [0.15, 0.2) is 78.9 Å². The first-order valence-electron chi connectivity index (χ1n) is 14.3. The Bertz CT molecular complexity index is 1470. The molecule has 3 aliphatic heterocycles. The molecule has 1 saturated carbocycles. The molecule has 3 saturated heterocycles. The molecule has 1 unspecified atom stereocenters. The summed E-state index contributed by atoms with van der Waals surface area (Å²) in [6, 6.07) is 26.3. The van der Waals surface area contributed by atoms with Crippen LogP contribution < -0.4 is 5.32 Å². The quantitative estimate of drug-likeness (QED) is 0.456. The molecule has 41 heavy (non-hydrogen) atoms. The molecule has 2 amide bonds. The Balaban J connectivity index is 1.11. The number of aliphatic carboxylic acids is 1. The summed E-state index contributed by atoms with van der Waals surface area (Å²) in [5.41, 5.74) is 3.21. The topological polar surface area (TPSA) is 99.2 Å². The molecule has 8 nitrogen and oxygen atoms in total. The molecule has 2 N–H and O–H groups in total. The number of carboxylic acid groups (broad SMARTS) is 1. The molecule has 0 radical (unpaired) electrons. The van der Waals surface area contributed by atoms with Gasteiger partial charge in [-0.2, -0.15) is 0 Å². The van der Waals surface area contributed by atoms with Gasteiger partial charge in [0.15, 0.2) is 0 Å². The highest BCUT2D eigenvalue weighted by Gasteiger charge is 2.65. The van der Waals surface area contributed by atoms with Crippen LogP contribution in [0.3, 0.4) is 0 Å². The second-order valence-corrected chi connectivity index (χ2v) is 12.0. The number of hydrogen-bond acceptors (Lipinski definition) is 5. The van der Waals surface area contributed by atoms with Gasteiger partial charge in [0.1, 0.15) is 17.7 Å². The summed E-state index contributed by atoms with van der Waals surface area (Å²) in [5.74, 6) is -1.18. The van der Waals surface area contributed by atoms with Crippen molar-refractivity contribution >= 4 is 18.0 Å². The lowest BCUT2D eigenvalue weighted by atomic mass is 9.73. The molecule has 3 aromatic carbocycles. The molecule has 210 valence electrons. The molecule has 3 aromatic rings.